The van der Waals surface area contributed by atoms with Crippen molar-refractivity contribution in [2.45, 2.75) is 106 Å². The number of hydrogen-bond donors (Lipinski definition) is 0. The summed E-state index contributed by atoms with van der Waals surface area (Å²) in [5, 5.41) is 11.4. The Kier molecular flexibility index (Phi) is 19.9. The first-order valence-electron chi connectivity index (χ1n) is 37.9. The molecule has 14 aromatic rings. The molecule has 0 spiro atoms. The van der Waals surface area contributed by atoms with Crippen molar-refractivity contribution in [1.29, 1.82) is 0 Å². The minimum Gasteiger partial charge on any atom is -0.380 e. The Labute approximate surface area is 641 Å². The molecular formula is C98H88O12. The van der Waals surface area contributed by atoms with Crippen LogP contribution in [-0.4, -0.2) is 56.9 Å². The maximum Gasteiger partial charge on any atom is 0.0731 e. The summed E-state index contributed by atoms with van der Waals surface area (Å²) in [7, 11) is 14.3. The monoisotopic (exact) mass is 1460 g/mol. The predicted molar refractivity (Wildman–Crippen MR) is 437 cm³/mol. The summed E-state index contributed by atoms with van der Waals surface area (Å²) in [6, 6.07) is 70.9. The quantitative estimate of drug-likeness (QED) is 0.0574. The lowest BCUT2D eigenvalue weighted by molar-refractivity contribution is 0.134. The van der Waals surface area contributed by atoms with Gasteiger partial charge in [0.2, 0.25) is 0 Å². The first-order valence-corrected chi connectivity index (χ1v) is 37.9. The van der Waals surface area contributed by atoms with Gasteiger partial charge in [-0.15, -0.1) is 0 Å². The van der Waals surface area contributed by atoms with E-state index in [1.165, 1.54) is 54.9 Å². The highest BCUT2D eigenvalue weighted by Gasteiger charge is 2.37. The second kappa shape index (κ2) is 30.6. The van der Waals surface area contributed by atoms with Crippen LogP contribution in [0.5, 0.6) is 0 Å². The highest BCUT2D eigenvalue weighted by atomic mass is 16.5. The molecule has 14 aromatic carbocycles. The molecule has 4 aliphatic heterocycles. The van der Waals surface area contributed by atoms with Gasteiger partial charge in [0.25, 0.3) is 0 Å². The van der Waals surface area contributed by atoms with E-state index < -0.39 is 0 Å². The van der Waals surface area contributed by atoms with Gasteiger partial charge in [-0.3, -0.25) is 0 Å². The molecule has 0 unspecified atom stereocenters. The molecule has 12 heteroatoms. The molecule has 0 fully saturated rings. The molecule has 0 radical (unpaired) electrons. The molecule has 0 N–H and O–H groups in total. The number of fused-ring (bicyclic) bond motifs is 9. The van der Waals surface area contributed by atoms with Gasteiger partial charge >= 0.3 is 0 Å². The average Bonchev–Trinajstić information content (AvgIpc) is 1.22. The molecule has 4 aliphatic rings. The first-order chi connectivity index (χ1) is 54.4. The zero-order valence-corrected chi connectivity index (χ0v) is 63.7. The molecule has 110 heavy (non-hydrogen) atoms. The van der Waals surface area contributed by atoms with E-state index in [1.807, 2.05) is 0 Å². The van der Waals surface area contributed by atoms with Crippen LogP contribution in [0.1, 0.15) is 89.0 Å². The van der Waals surface area contributed by atoms with Crippen molar-refractivity contribution in [1.82, 2.24) is 0 Å². The fourth-order valence-electron chi connectivity index (χ4n) is 19.3. The van der Waals surface area contributed by atoms with E-state index in [2.05, 4.69) is 194 Å². The van der Waals surface area contributed by atoms with Gasteiger partial charge in [0.1, 0.15) is 0 Å². The van der Waals surface area contributed by atoms with Crippen LogP contribution in [0, 0.1) is 0 Å². The third-order valence-electron chi connectivity index (χ3n) is 23.5. The maximum atomic E-state index is 6.75. The van der Waals surface area contributed by atoms with Crippen molar-refractivity contribution < 1.29 is 56.8 Å². The van der Waals surface area contributed by atoms with Crippen molar-refractivity contribution in [3.63, 3.8) is 0 Å². The van der Waals surface area contributed by atoms with Crippen molar-refractivity contribution in [2.24, 2.45) is 0 Å². The standard InChI is InChI=1S/C98H88O12/c1-99-41-75-77(43-101-3)93(85-51-107-49-83(85)91(75)67-33-19-23-57-21-9-11-25-59(57)67)69-35-37-71(63-29-15-13-27-61(63)69)95-79(45-103-5)81(47-105-7)97(89-55-109-53-87(89)95)73-39-40-74(66-32-18-17-31-65(66)73)98-82(48-106-8)80(46-104-6)96(88-54-110-56-90(88)98)72-38-36-70(62-28-14-16-30-64(62)72)94-78(44-102-4)76(42-100-2)92(84-50-108-52-86(84)94)68-34-20-24-58-22-10-12-26-60(58)68/h9-40H,41-56H2,1-8H3. The Morgan fingerprint density at radius 1 is 0.182 bits per heavy atom. The van der Waals surface area contributed by atoms with Gasteiger partial charge in [-0.05, 0) is 232 Å². The molecule has 0 aromatic heterocycles. The molecule has 18 rings (SSSR count). The van der Waals surface area contributed by atoms with Crippen LogP contribution in [0.25, 0.3) is 143 Å². The van der Waals surface area contributed by atoms with Crippen molar-refractivity contribution >= 4 is 53.9 Å². The third-order valence-corrected chi connectivity index (χ3v) is 23.5. The molecular weight excluding hydrogens is 1370 g/mol. The summed E-state index contributed by atoms with van der Waals surface area (Å²) in [6.45, 7) is 6.49. The highest BCUT2D eigenvalue weighted by Crippen LogP contribution is 2.56. The number of rotatable bonds is 24. The topological polar surface area (TPSA) is 111 Å². The van der Waals surface area contributed by atoms with E-state index in [0.717, 1.165) is 177 Å². The average molecular weight is 1460 g/mol. The zero-order valence-electron chi connectivity index (χ0n) is 63.7. The minimum atomic E-state index is 0.330. The van der Waals surface area contributed by atoms with Crippen LogP contribution in [0.2, 0.25) is 0 Å². The normalized spacial score (nSPS) is 13.8. The Hall–Kier alpha value is -10.1. The van der Waals surface area contributed by atoms with Crippen molar-refractivity contribution in [2.75, 3.05) is 56.9 Å². The van der Waals surface area contributed by atoms with Gasteiger partial charge in [0.15, 0.2) is 0 Å². The lowest BCUT2D eigenvalue weighted by Crippen LogP contribution is -2.10. The van der Waals surface area contributed by atoms with Gasteiger partial charge in [-0.1, -0.05) is 194 Å². The van der Waals surface area contributed by atoms with Crippen molar-refractivity contribution in [3.05, 3.63) is 283 Å². The minimum absolute atomic E-state index is 0.330. The zero-order chi connectivity index (χ0) is 74.7. The largest absolute Gasteiger partial charge is 0.380 e. The summed E-state index contributed by atoms with van der Waals surface area (Å²) in [5.41, 5.74) is 35.9. The van der Waals surface area contributed by atoms with Crippen LogP contribution >= 0.6 is 0 Å². The molecule has 0 bridgehead atoms. The lowest BCUT2D eigenvalue weighted by atomic mass is 9.77. The molecule has 0 aliphatic carbocycles. The molecule has 0 saturated heterocycles. The fraction of sp³-hybridized carbons (Fsp3) is 0.245. The smallest absolute Gasteiger partial charge is 0.0731 e. The SMILES string of the molecule is COCc1c(COC)c(-c2ccc(-c3c(COC)c(COC)c(-c4ccc(-c5c(COC)c(COC)c(-c6ccc(-c7c(COC)c(COC)c(-c8cccc9ccccc89)c8c7COC8)c7ccccc67)c6c5COC6)c5ccccc45)c4c3COC4)c3ccccc23)c2c(c1-c1cccc3ccccc13)COC2. The number of benzene rings is 14. The van der Waals surface area contributed by atoms with Crippen LogP contribution in [0.15, 0.2) is 194 Å². The maximum absolute atomic E-state index is 6.75. The Balaban J connectivity index is 0.798. The van der Waals surface area contributed by atoms with Gasteiger partial charge in [0.05, 0.1) is 106 Å². The van der Waals surface area contributed by atoms with E-state index in [4.69, 9.17) is 56.8 Å². The molecule has 12 nitrogen and oxygen atoms in total. The number of hydrogen-bond acceptors (Lipinski definition) is 12. The fourth-order valence-corrected chi connectivity index (χ4v) is 19.3. The molecule has 0 atom stereocenters. The van der Waals surface area contributed by atoms with E-state index >= 15 is 0 Å². The van der Waals surface area contributed by atoms with Crippen LogP contribution in [0.3, 0.4) is 0 Å². The van der Waals surface area contributed by atoms with Crippen LogP contribution < -0.4 is 0 Å². The lowest BCUT2D eigenvalue weighted by Gasteiger charge is -2.27. The van der Waals surface area contributed by atoms with Crippen LogP contribution in [0.4, 0.5) is 0 Å². The van der Waals surface area contributed by atoms with Gasteiger partial charge in [0, 0.05) is 56.9 Å². The summed E-state index contributed by atoms with van der Waals surface area (Å²) in [4.78, 5) is 0. The van der Waals surface area contributed by atoms with E-state index in [-0.39, 0.29) is 0 Å². The summed E-state index contributed by atoms with van der Waals surface area (Å²) < 4.78 is 77.0. The molecule has 0 saturated carbocycles. The predicted octanol–water partition coefficient (Wildman–Crippen LogP) is 22.1. The van der Waals surface area contributed by atoms with E-state index in [1.54, 1.807) is 56.9 Å². The molecule has 552 valence electrons. The van der Waals surface area contributed by atoms with Crippen molar-refractivity contribution in [3.8, 4) is 89.0 Å². The Morgan fingerprint density at radius 3 is 0.518 bits per heavy atom. The summed E-state index contributed by atoms with van der Waals surface area (Å²) in [5.74, 6) is 0. The summed E-state index contributed by atoms with van der Waals surface area (Å²) in [6.07, 6.45) is 0. The molecule has 4 heterocycles. The van der Waals surface area contributed by atoms with E-state index in [0.29, 0.717) is 106 Å². The van der Waals surface area contributed by atoms with Crippen LogP contribution in [-0.2, 0) is 163 Å². The summed E-state index contributed by atoms with van der Waals surface area (Å²) >= 11 is 0. The Morgan fingerprint density at radius 2 is 0.336 bits per heavy atom. The Bertz CT molecular complexity index is 5630. The first kappa shape index (κ1) is 71.5. The van der Waals surface area contributed by atoms with Gasteiger partial charge in [-0.25, -0.2) is 0 Å². The number of ether oxygens (including phenoxy) is 12. The second-order valence-electron chi connectivity index (χ2n) is 29.3. The molecule has 0 amide bonds. The third kappa shape index (κ3) is 11.7. The second-order valence-corrected chi connectivity index (χ2v) is 29.3. The number of methoxy groups -OCH3 is 8. The highest BCUT2D eigenvalue weighted by molar-refractivity contribution is 6.13. The van der Waals surface area contributed by atoms with Gasteiger partial charge in [-0.2, -0.15) is 0 Å². The van der Waals surface area contributed by atoms with Gasteiger partial charge < -0.3 is 56.8 Å². The van der Waals surface area contributed by atoms with E-state index in [9.17, 15) is 0 Å².